The lowest BCUT2D eigenvalue weighted by Gasteiger charge is -2.60. The van der Waals surface area contributed by atoms with Crippen LogP contribution in [0.5, 0.6) is 0 Å². The van der Waals surface area contributed by atoms with Gasteiger partial charge in [0.25, 0.3) is 5.60 Å². The minimum absolute atomic E-state index is 0.238. The summed E-state index contributed by atoms with van der Waals surface area (Å²) >= 11 is 0. The Labute approximate surface area is 138 Å². The van der Waals surface area contributed by atoms with Crippen molar-refractivity contribution in [2.24, 2.45) is 52.7 Å². The molecule has 8 aliphatic rings. The van der Waals surface area contributed by atoms with E-state index in [1.807, 2.05) is 0 Å². The van der Waals surface area contributed by atoms with Crippen molar-refractivity contribution in [3.8, 4) is 0 Å². The largest absolute Gasteiger partial charge is 0.310 e. The van der Waals surface area contributed by atoms with Gasteiger partial charge in [-0.1, -0.05) is 0 Å². The first kappa shape index (κ1) is 13.5. The second-order valence-electron chi connectivity index (χ2n) is 10.0. The Morgan fingerprint density at radius 3 is 1.57 bits per heavy atom. The van der Waals surface area contributed by atoms with Gasteiger partial charge in [0.2, 0.25) is 0 Å². The molecule has 8 saturated carbocycles. The van der Waals surface area contributed by atoms with Gasteiger partial charge in [0.05, 0.1) is 0 Å². The molecule has 0 radical (unpaired) electrons. The summed E-state index contributed by atoms with van der Waals surface area (Å²) in [6, 6.07) is 0. The predicted octanol–water partition coefficient (Wildman–Crippen LogP) is 4.91. The van der Waals surface area contributed by atoms with Crippen LogP contribution in [0.15, 0.2) is 5.34 Å². The van der Waals surface area contributed by atoms with Crippen LogP contribution >= 0.6 is 0 Å². The molecule has 3 nitrogen and oxygen atoms in total. The second kappa shape index (κ2) is 4.46. The molecule has 0 aromatic heterocycles. The zero-order valence-electron chi connectivity index (χ0n) is 14.0. The molecule has 8 rings (SSSR count). The van der Waals surface area contributed by atoms with Crippen LogP contribution in [0.25, 0.3) is 0 Å². The van der Waals surface area contributed by atoms with Crippen molar-refractivity contribution >= 4 is 0 Å². The molecule has 8 aliphatic carbocycles. The molecule has 0 amide bonds. The SMILES string of the molecule is O=NOC1([C+]2C3CC4CC(C3)CC2C4)C2CC3CC(C2)CC1C3. The third kappa shape index (κ3) is 1.65. The molecule has 0 saturated heterocycles. The quantitative estimate of drug-likeness (QED) is 0.422. The van der Waals surface area contributed by atoms with Gasteiger partial charge >= 0.3 is 0 Å². The van der Waals surface area contributed by atoms with Crippen molar-refractivity contribution < 1.29 is 4.84 Å². The smallest absolute Gasteiger partial charge is 0.281 e. The lowest BCUT2D eigenvalue weighted by atomic mass is 9.40. The van der Waals surface area contributed by atoms with Crippen molar-refractivity contribution in [1.82, 2.24) is 0 Å². The van der Waals surface area contributed by atoms with E-state index in [9.17, 15) is 4.91 Å². The normalized spacial score (nSPS) is 58.7. The topological polar surface area (TPSA) is 38.7 Å². The Morgan fingerprint density at radius 2 is 1.13 bits per heavy atom. The fraction of sp³-hybridized carbons (Fsp3) is 0.950. The van der Waals surface area contributed by atoms with E-state index in [0.717, 1.165) is 35.5 Å². The Bertz CT molecular complexity index is 474. The van der Waals surface area contributed by atoms with E-state index in [2.05, 4.69) is 5.34 Å². The highest BCUT2D eigenvalue weighted by Crippen LogP contribution is 2.69. The third-order valence-electron chi connectivity index (χ3n) is 9.01. The highest BCUT2D eigenvalue weighted by molar-refractivity contribution is 5.29. The van der Waals surface area contributed by atoms with Crippen LogP contribution in [0.4, 0.5) is 0 Å². The number of nitrogens with zero attached hydrogens (tertiary/aromatic N) is 1. The average molecular weight is 314 g/mol. The minimum Gasteiger partial charge on any atom is -0.310 e. The number of hydrogen-bond donors (Lipinski definition) is 0. The highest BCUT2D eigenvalue weighted by atomic mass is 16.7. The van der Waals surface area contributed by atoms with E-state index in [-0.39, 0.29) is 5.60 Å². The molecular formula is C20H28NO2+. The maximum Gasteiger partial charge on any atom is 0.281 e. The maximum absolute atomic E-state index is 11.4. The summed E-state index contributed by atoms with van der Waals surface area (Å²) in [4.78, 5) is 17.3. The Kier molecular flexibility index (Phi) is 2.63. The summed E-state index contributed by atoms with van der Waals surface area (Å²) in [5.41, 5.74) is -0.238. The summed E-state index contributed by atoms with van der Waals surface area (Å²) in [6.07, 6.45) is 13.7. The molecule has 0 spiro atoms. The molecule has 0 N–H and O–H groups in total. The van der Waals surface area contributed by atoms with Gasteiger partial charge in [-0.2, -0.15) is 0 Å². The Balaban J connectivity index is 1.43. The second-order valence-corrected chi connectivity index (χ2v) is 10.0. The first-order chi connectivity index (χ1) is 11.3. The number of rotatable bonds is 3. The molecule has 0 atom stereocenters. The van der Waals surface area contributed by atoms with E-state index < -0.39 is 0 Å². The zero-order valence-corrected chi connectivity index (χ0v) is 14.0. The lowest BCUT2D eigenvalue weighted by molar-refractivity contribution is -0.218. The fourth-order valence-corrected chi connectivity index (χ4v) is 8.95. The van der Waals surface area contributed by atoms with Crippen LogP contribution in [-0.2, 0) is 4.84 Å². The fourth-order valence-electron chi connectivity index (χ4n) is 8.95. The minimum atomic E-state index is -0.238. The molecule has 124 valence electrons. The average Bonchev–Trinajstić information content (AvgIpc) is 2.50. The van der Waals surface area contributed by atoms with E-state index >= 15 is 0 Å². The predicted molar refractivity (Wildman–Crippen MR) is 86.9 cm³/mol. The molecule has 3 heteroatoms. The summed E-state index contributed by atoms with van der Waals surface area (Å²) in [5.74, 6) is 8.19. The van der Waals surface area contributed by atoms with E-state index in [4.69, 9.17) is 4.84 Å². The van der Waals surface area contributed by atoms with Gasteiger partial charge in [-0.25, -0.2) is 0 Å². The van der Waals surface area contributed by atoms with Crippen LogP contribution in [-0.4, -0.2) is 5.60 Å². The number of fused-ring (bicyclic) bond motifs is 1. The van der Waals surface area contributed by atoms with Crippen LogP contribution in [0, 0.1) is 58.2 Å². The summed E-state index contributed by atoms with van der Waals surface area (Å²) in [7, 11) is 0. The molecular weight excluding hydrogens is 286 g/mol. The number of hydrogen-bond acceptors (Lipinski definition) is 3. The zero-order chi connectivity index (χ0) is 15.2. The van der Waals surface area contributed by atoms with Crippen LogP contribution in [0.2, 0.25) is 0 Å². The molecule has 0 aromatic rings. The maximum atomic E-state index is 11.4. The van der Waals surface area contributed by atoms with Gasteiger partial charge in [-0.05, 0) is 87.9 Å². The van der Waals surface area contributed by atoms with Crippen molar-refractivity contribution in [2.75, 3.05) is 0 Å². The van der Waals surface area contributed by atoms with Gasteiger partial charge in [-0.3, -0.25) is 0 Å². The van der Waals surface area contributed by atoms with Gasteiger partial charge in [0, 0.05) is 11.8 Å². The van der Waals surface area contributed by atoms with Crippen LogP contribution in [0.3, 0.4) is 0 Å². The highest BCUT2D eigenvalue weighted by Gasteiger charge is 2.75. The molecule has 8 bridgehead atoms. The molecule has 23 heavy (non-hydrogen) atoms. The van der Waals surface area contributed by atoms with Crippen molar-refractivity contribution in [1.29, 1.82) is 0 Å². The van der Waals surface area contributed by atoms with Crippen LogP contribution in [0.1, 0.15) is 64.2 Å². The lowest BCUT2D eigenvalue weighted by Crippen LogP contribution is -2.66. The Morgan fingerprint density at radius 1 is 0.696 bits per heavy atom. The summed E-state index contributed by atoms with van der Waals surface area (Å²) < 4.78 is 0. The van der Waals surface area contributed by atoms with Gasteiger partial charge in [-0.15, -0.1) is 4.91 Å². The first-order valence-corrected chi connectivity index (χ1v) is 10.1. The Hall–Kier alpha value is -0.730. The molecule has 0 unspecified atom stereocenters. The molecule has 0 aliphatic heterocycles. The molecule has 0 heterocycles. The molecule has 0 aromatic carbocycles. The standard InChI is InChI=1S/C20H28NO2/c22-21-23-20(17-7-13-2-14(9-17)10-18(20)8-13)19-15-3-11-1-12(5-15)6-16(19)4-11/h11-18H,1-10H2/q+1. The third-order valence-corrected chi connectivity index (χ3v) is 9.01. The van der Waals surface area contributed by atoms with Crippen molar-refractivity contribution in [3.05, 3.63) is 10.8 Å². The van der Waals surface area contributed by atoms with Crippen molar-refractivity contribution in [3.63, 3.8) is 0 Å². The van der Waals surface area contributed by atoms with E-state index in [0.29, 0.717) is 11.8 Å². The van der Waals surface area contributed by atoms with Gasteiger partial charge in [0.15, 0.2) is 5.34 Å². The van der Waals surface area contributed by atoms with Gasteiger partial charge < -0.3 is 4.84 Å². The molecule has 8 fully saturated rings. The van der Waals surface area contributed by atoms with Crippen LogP contribution < -0.4 is 0 Å². The first-order valence-electron chi connectivity index (χ1n) is 10.1. The van der Waals surface area contributed by atoms with Crippen molar-refractivity contribution in [2.45, 2.75) is 69.8 Å². The van der Waals surface area contributed by atoms with E-state index in [1.165, 1.54) is 64.2 Å². The monoisotopic (exact) mass is 314 g/mol. The van der Waals surface area contributed by atoms with Gasteiger partial charge in [0.1, 0.15) is 17.8 Å². The summed E-state index contributed by atoms with van der Waals surface area (Å²) in [6.45, 7) is 0. The van der Waals surface area contributed by atoms with E-state index in [1.54, 1.807) is 5.92 Å². The summed E-state index contributed by atoms with van der Waals surface area (Å²) in [5, 5.41) is 3.12.